The van der Waals surface area contributed by atoms with E-state index in [-0.39, 0.29) is 29.0 Å². The van der Waals surface area contributed by atoms with Crippen LogP contribution in [0.3, 0.4) is 0 Å². The van der Waals surface area contributed by atoms with Crippen molar-refractivity contribution in [3.63, 3.8) is 0 Å². The zero-order chi connectivity index (χ0) is 24.4. The number of urea groups is 1. The van der Waals surface area contributed by atoms with Gasteiger partial charge in [-0.15, -0.1) is 0 Å². The van der Waals surface area contributed by atoms with Crippen LogP contribution in [0.1, 0.15) is 59.8 Å². The Balaban J connectivity index is 5.44. The van der Waals surface area contributed by atoms with Crippen LogP contribution in [-0.4, -0.2) is 60.8 Å². The predicted octanol–water partition coefficient (Wildman–Crippen LogP) is -1.78. The van der Waals surface area contributed by atoms with Gasteiger partial charge in [-0.2, -0.15) is 0 Å². The molecule has 31 heavy (non-hydrogen) atoms. The van der Waals surface area contributed by atoms with Crippen LogP contribution < -0.4 is 31.6 Å². The number of hydrogen-bond acceptors (Lipinski definition) is 5. The van der Waals surface area contributed by atoms with E-state index in [9.17, 15) is 39.3 Å². The summed E-state index contributed by atoms with van der Waals surface area (Å²) in [6.07, 6.45) is 0.525. The first-order valence-corrected chi connectivity index (χ1v) is 12.3. The fraction of sp³-hybridized carbons (Fsp3) is 0.737. The standard InChI is InChI=1S/C19H31BIN2O8/c1-5-10(3)14(17(29)30)19(4,6-2)9-12(16(27)28)23-18(31)22-11(15(25)26)7-8-13(24)21-20/h10-12,14H,5-9H2,1-4H3,(H,25,26)(H,27,28)(H,29,30)(H2,22,23,31)/q-1. The third-order valence-corrected chi connectivity index (χ3v) is 6.90. The van der Waals surface area contributed by atoms with E-state index < -0.39 is 68.3 Å². The number of carboxylic acids is 3. The van der Waals surface area contributed by atoms with Gasteiger partial charge in [0.1, 0.15) is 0 Å². The Bertz CT molecular complexity index is 677. The summed E-state index contributed by atoms with van der Waals surface area (Å²) < 4.78 is -0.265. The average molecular weight is 553 g/mol. The number of halogens is 1. The number of amides is 2. The Morgan fingerprint density at radius 2 is 1.48 bits per heavy atom. The van der Waals surface area contributed by atoms with Gasteiger partial charge in [-0.05, 0) is 0 Å². The van der Waals surface area contributed by atoms with E-state index in [1.807, 2.05) is 6.92 Å². The first-order chi connectivity index (χ1) is 14.3. The molecule has 12 heteroatoms. The summed E-state index contributed by atoms with van der Waals surface area (Å²) >= 11 is -1.17. The number of carboxylic acid groups (broad SMARTS) is 3. The normalized spacial score (nSPS) is 16.9. The van der Waals surface area contributed by atoms with E-state index >= 15 is 0 Å². The molecular formula is C19H31BIN2O8-. The minimum atomic E-state index is -1.43. The van der Waals surface area contributed by atoms with Gasteiger partial charge >= 0.3 is 163 Å². The molecule has 5 N–H and O–H groups in total. The summed E-state index contributed by atoms with van der Waals surface area (Å²) in [5.74, 6) is -4.81. The van der Waals surface area contributed by atoms with Gasteiger partial charge in [0.25, 0.3) is 0 Å². The number of nitrogens with one attached hydrogen (secondary N) is 2. The molecule has 0 aliphatic rings. The van der Waals surface area contributed by atoms with E-state index in [0.29, 0.717) is 12.8 Å². The molecule has 0 saturated heterocycles. The summed E-state index contributed by atoms with van der Waals surface area (Å²) in [6.45, 7) is 7.06. The third kappa shape index (κ3) is 9.44. The molecule has 10 nitrogen and oxygen atoms in total. The molecule has 0 rings (SSSR count). The van der Waals surface area contributed by atoms with Gasteiger partial charge in [-0.3, -0.25) is 4.79 Å². The van der Waals surface area contributed by atoms with Crippen LogP contribution in [-0.2, 0) is 19.2 Å². The van der Waals surface area contributed by atoms with E-state index in [1.165, 1.54) is 0 Å². The van der Waals surface area contributed by atoms with Crippen molar-refractivity contribution in [1.82, 2.24) is 10.6 Å². The minimum absolute atomic E-state index is 0.105. The molecule has 0 heterocycles. The van der Waals surface area contributed by atoms with Gasteiger partial charge in [0.05, 0.1) is 0 Å². The first kappa shape index (κ1) is 29.1. The number of carbonyl (C=O) groups excluding carboxylic acids is 2. The van der Waals surface area contributed by atoms with Gasteiger partial charge in [0.15, 0.2) is 0 Å². The second kappa shape index (κ2) is 13.5. The van der Waals surface area contributed by atoms with Crippen molar-refractivity contribution < 1.29 is 60.3 Å². The zero-order valence-corrected chi connectivity index (χ0v) is 20.3. The maximum absolute atomic E-state index is 12.3. The van der Waals surface area contributed by atoms with Gasteiger partial charge < -0.3 is 5.11 Å². The van der Waals surface area contributed by atoms with Crippen LogP contribution in [0.25, 0.3) is 0 Å². The quantitative estimate of drug-likeness (QED) is 0.0902. The van der Waals surface area contributed by atoms with E-state index in [1.54, 1.807) is 20.8 Å². The van der Waals surface area contributed by atoms with Crippen molar-refractivity contribution in [2.75, 3.05) is 0 Å². The molecule has 0 bridgehead atoms. The molecule has 2 amide bonds. The molecule has 0 aliphatic heterocycles. The monoisotopic (exact) mass is 553 g/mol. The Hall–Kier alpha value is -1.86. The molecule has 5 unspecified atom stereocenters. The van der Waals surface area contributed by atoms with Crippen molar-refractivity contribution in [2.24, 2.45) is 17.3 Å². The maximum atomic E-state index is 12.3. The van der Waals surface area contributed by atoms with Crippen molar-refractivity contribution in [2.45, 2.75) is 71.9 Å². The van der Waals surface area contributed by atoms with Crippen LogP contribution in [0.2, 0.25) is 0 Å². The molecule has 0 aromatic heterocycles. The molecule has 0 saturated carbocycles. The summed E-state index contributed by atoms with van der Waals surface area (Å²) in [4.78, 5) is 58.7. The van der Waals surface area contributed by atoms with Crippen LogP contribution in [0.15, 0.2) is 0 Å². The average Bonchev–Trinajstić information content (AvgIpc) is 2.69. The van der Waals surface area contributed by atoms with Crippen molar-refractivity contribution in [1.29, 1.82) is 0 Å². The summed E-state index contributed by atoms with van der Waals surface area (Å²) in [5.41, 5.74) is 4.36. The topological polar surface area (TPSA) is 170 Å². The number of rotatable bonds is 15. The van der Waals surface area contributed by atoms with Crippen LogP contribution in [0.4, 0.5) is 4.79 Å². The second-order valence-corrected chi connectivity index (χ2v) is 9.64. The second-order valence-electron chi connectivity index (χ2n) is 7.82. The van der Waals surface area contributed by atoms with Gasteiger partial charge in [0.2, 0.25) is 0 Å². The molecule has 2 radical (unpaired) electrons. The van der Waals surface area contributed by atoms with E-state index in [4.69, 9.17) is 5.70 Å². The third-order valence-electron chi connectivity index (χ3n) is 5.67. The van der Waals surface area contributed by atoms with Crippen molar-refractivity contribution in [3.05, 3.63) is 0 Å². The number of hydrogen-bond donors (Lipinski definition) is 5. The first-order valence-electron chi connectivity index (χ1n) is 9.94. The summed E-state index contributed by atoms with van der Waals surface area (Å²) in [6, 6.07) is -3.84. The Morgan fingerprint density at radius 1 is 0.968 bits per heavy atom. The predicted molar refractivity (Wildman–Crippen MR) is 108 cm³/mol. The molecular weight excluding hydrogens is 522 g/mol. The number of carbonyl (C=O) groups is 5. The van der Waals surface area contributed by atoms with E-state index in [2.05, 4.69) is 10.6 Å². The zero-order valence-electron chi connectivity index (χ0n) is 18.2. The van der Waals surface area contributed by atoms with E-state index in [0.717, 1.165) is 0 Å². The fourth-order valence-corrected chi connectivity index (χ4v) is 4.17. The van der Waals surface area contributed by atoms with Gasteiger partial charge in [-0.1, -0.05) is 20.3 Å². The molecule has 0 fully saturated rings. The fourth-order valence-electron chi connectivity index (χ4n) is 3.55. The Labute approximate surface area is 193 Å². The molecule has 176 valence electrons. The molecule has 0 aromatic rings. The summed E-state index contributed by atoms with van der Waals surface area (Å²) in [5, 5.41) is 33.0. The molecule has 0 aliphatic carbocycles. The molecule has 5 atom stereocenters. The van der Waals surface area contributed by atoms with Gasteiger partial charge in [-0.25, -0.2) is 0 Å². The molecule has 0 spiro atoms. The molecule has 0 aromatic carbocycles. The van der Waals surface area contributed by atoms with Crippen LogP contribution >= 0.6 is 0 Å². The van der Waals surface area contributed by atoms with Crippen LogP contribution in [0, 0.1) is 17.3 Å². The number of aliphatic carboxylic acids is 3. The van der Waals surface area contributed by atoms with Crippen molar-refractivity contribution >= 4 is 33.4 Å². The van der Waals surface area contributed by atoms with Gasteiger partial charge in [0, 0.05) is 0 Å². The SMILES string of the molecule is [B][I-]C(=O)CCC(NC(=O)NC(CC(C)(CC)C(C(=O)O)C(C)CC)C(=O)O)C(=O)O. The Morgan fingerprint density at radius 3 is 1.87 bits per heavy atom. The summed E-state index contributed by atoms with van der Waals surface area (Å²) in [7, 11) is 0. The Kier molecular flexibility index (Phi) is 12.7. The van der Waals surface area contributed by atoms with Crippen molar-refractivity contribution in [3.8, 4) is 0 Å². The van der Waals surface area contributed by atoms with Crippen LogP contribution in [0.5, 0.6) is 0 Å².